The third kappa shape index (κ3) is 2.78. The van der Waals surface area contributed by atoms with Crippen molar-refractivity contribution in [1.82, 2.24) is 9.97 Å². The summed E-state index contributed by atoms with van der Waals surface area (Å²) in [5.41, 5.74) is 5.51. The van der Waals surface area contributed by atoms with E-state index in [2.05, 4.69) is 9.97 Å². The maximum absolute atomic E-state index is 10.8. The van der Waals surface area contributed by atoms with Crippen LogP contribution in [0.15, 0.2) is 12.4 Å². The molecule has 1 fully saturated rings. The molecule has 0 saturated heterocycles. The molecule has 1 amide bonds. The van der Waals surface area contributed by atoms with E-state index in [0.29, 0.717) is 11.5 Å². The van der Waals surface area contributed by atoms with E-state index in [4.69, 9.17) is 5.73 Å². The Morgan fingerprint density at radius 3 is 2.44 bits per heavy atom. The quantitative estimate of drug-likeness (QED) is 0.841. The van der Waals surface area contributed by atoms with Gasteiger partial charge in [-0.15, -0.1) is 0 Å². The van der Waals surface area contributed by atoms with E-state index in [0.717, 1.165) is 12.2 Å². The molecule has 2 N–H and O–H groups in total. The molecule has 86 valence electrons. The lowest BCUT2D eigenvalue weighted by molar-refractivity contribution is 0.0999. The van der Waals surface area contributed by atoms with Crippen LogP contribution in [0.1, 0.15) is 48.3 Å². The highest BCUT2D eigenvalue weighted by molar-refractivity contribution is 5.92. The summed E-state index contributed by atoms with van der Waals surface area (Å²) in [6.45, 7) is 0. The SMILES string of the molecule is NC(=O)c1cnc(CC2CCCCC2)nc1. The number of hydrogen-bond donors (Lipinski definition) is 1. The molecule has 1 heterocycles. The summed E-state index contributed by atoms with van der Waals surface area (Å²) >= 11 is 0. The number of hydrogen-bond acceptors (Lipinski definition) is 3. The Morgan fingerprint density at radius 2 is 1.88 bits per heavy atom. The first-order valence-electron chi connectivity index (χ1n) is 5.86. The van der Waals surface area contributed by atoms with E-state index in [1.54, 1.807) is 0 Å². The molecule has 1 aromatic heterocycles. The van der Waals surface area contributed by atoms with Gasteiger partial charge in [0.1, 0.15) is 5.82 Å². The zero-order valence-electron chi connectivity index (χ0n) is 9.35. The van der Waals surface area contributed by atoms with Gasteiger partial charge in [0, 0.05) is 18.8 Å². The van der Waals surface area contributed by atoms with Crippen molar-refractivity contribution in [2.75, 3.05) is 0 Å². The van der Waals surface area contributed by atoms with Crippen LogP contribution in [0.4, 0.5) is 0 Å². The Kier molecular flexibility index (Phi) is 3.49. The molecule has 0 spiro atoms. The van der Waals surface area contributed by atoms with E-state index in [-0.39, 0.29) is 0 Å². The second-order valence-corrected chi connectivity index (χ2v) is 4.46. The summed E-state index contributed by atoms with van der Waals surface area (Å²) in [5, 5.41) is 0. The number of rotatable bonds is 3. The molecule has 4 nitrogen and oxygen atoms in total. The van der Waals surface area contributed by atoms with Gasteiger partial charge in [0.15, 0.2) is 0 Å². The number of primary amides is 1. The Balaban J connectivity index is 1.96. The van der Waals surface area contributed by atoms with Crippen molar-refractivity contribution in [3.05, 3.63) is 23.8 Å². The average molecular weight is 219 g/mol. The Hall–Kier alpha value is -1.45. The van der Waals surface area contributed by atoms with Crippen LogP contribution >= 0.6 is 0 Å². The van der Waals surface area contributed by atoms with E-state index in [1.165, 1.54) is 44.5 Å². The van der Waals surface area contributed by atoms with Crippen LogP contribution in [0.25, 0.3) is 0 Å². The molecule has 0 aliphatic heterocycles. The second kappa shape index (κ2) is 5.05. The predicted octanol–water partition coefficient (Wildman–Crippen LogP) is 1.70. The fourth-order valence-corrected chi connectivity index (χ4v) is 2.24. The van der Waals surface area contributed by atoms with Crippen LogP contribution in [0.3, 0.4) is 0 Å². The van der Waals surface area contributed by atoms with Gasteiger partial charge in [-0.3, -0.25) is 4.79 Å². The van der Waals surface area contributed by atoms with Gasteiger partial charge in [-0.1, -0.05) is 32.1 Å². The molecule has 1 aliphatic carbocycles. The van der Waals surface area contributed by atoms with Crippen LogP contribution in [-0.2, 0) is 6.42 Å². The summed E-state index contributed by atoms with van der Waals surface area (Å²) < 4.78 is 0. The van der Waals surface area contributed by atoms with Gasteiger partial charge in [0.05, 0.1) is 5.56 Å². The van der Waals surface area contributed by atoms with Crippen molar-refractivity contribution in [3.63, 3.8) is 0 Å². The largest absolute Gasteiger partial charge is 0.366 e. The molecule has 16 heavy (non-hydrogen) atoms. The van der Waals surface area contributed by atoms with Crippen molar-refractivity contribution in [2.45, 2.75) is 38.5 Å². The van der Waals surface area contributed by atoms with Gasteiger partial charge in [0.2, 0.25) is 0 Å². The third-order valence-corrected chi connectivity index (χ3v) is 3.19. The van der Waals surface area contributed by atoms with Crippen LogP contribution in [-0.4, -0.2) is 15.9 Å². The van der Waals surface area contributed by atoms with Gasteiger partial charge in [-0.25, -0.2) is 9.97 Å². The number of aromatic nitrogens is 2. The lowest BCUT2D eigenvalue weighted by atomic mass is 9.87. The summed E-state index contributed by atoms with van der Waals surface area (Å²) in [6.07, 6.45) is 10.5. The molecule has 0 unspecified atom stereocenters. The molecule has 2 rings (SSSR count). The van der Waals surface area contributed by atoms with Gasteiger partial charge in [0.25, 0.3) is 5.91 Å². The van der Waals surface area contributed by atoms with Gasteiger partial charge >= 0.3 is 0 Å². The summed E-state index contributed by atoms with van der Waals surface area (Å²) in [5.74, 6) is 1.08. The van der Waals surface area contributed by atoms with Gasteiger partial charge in [-0.05, 0) is 5.92 Å². The topological polar surface area (TPSA) is 68.9 Å². The zero-order valence-corrected chi connectivity index (χ0v) is 9.35. The first kappa shape index (κ1) is 11.0. The van der Waals surface area contributed by atoms with Crippen molar-refractivity contribution < 1.29 is 4.79 Å². The summed E-state index contributed by atoms with van der Waals surface area (Å²) in [4.78, 5) is 19.2. The van der Waals surface area contributed by atoms with Gasteiger partial charge < -0.3 is 5.73 Å². The van der Waals surface area contributed by atoms with Crippen LogP contribution < -0.4 is 5.73 Å². The molecular formula is C12H17N3O. The number of carbonyl (C=O) groups excluding carboxylic acids is 1. The van der Waals surface area contributed by atoms with Crippen molar-refractivity contribution in [3.8, 4) is 0 Å². The van der Waals surface area contributed by atoms with Crippen LogP contribution in [0.2, 0.25) is 0 Å². The van der Waals surface area contributed by atoms with Crippen molar-refractivity contribution in [1.29, 1.82) is 0 Å². The molecule has 1 aliphatic rings. The monoisotopic (exact) mass is 219 g/mol. The second-order valence-electron chi connectivity index (χ2n) is 4.46. The third-order valence-electron chi connectivity index (χ3n) is 3.19. The maximum atomic E-state index is 10.8. The Bertz CT molecular complexity index is 355. The molecule has 0 aromatic carbocycles. The highest BCUT2D eigenvalue weighted by atomic mass is 16.1. The molecule has 0 bridgehead atoms. The minimum atomic E-state index is -0.468. The molecule has 0 atom stereocenters. The fraction of sp³-hybridized carbons (Fsp3) is 0.583. The van der Waals surface area contributed by atoms with E-state index < -0.39 is 5.91 Å². The fourth-order valence-electron chi connectivity index (χ4n) is 2.24. The molecular weight excluding hydrogens is 202 g/mol. The number of nitrogens with two attached hydrogens (primary N) is 1. The first-order chi connectivity index (χ1) is 7.75. The van der Waals surface area contributed by atoms with Gasteiger partial charge in [-0.2, -0.15) is 0 Å². The average Bonchev–Trinajstić information content (AvgIpc) is 2.31. The molecule has 1 aromatic rings. The van der Waals surface area contributed by atoms with E-state index >= 15 is 0 Å². The zero-order chi connectivity index (χ0) is 11.4. The number of nitrogens with zero attached hydrogens (tertiary/aromatic N) is 2. The van der Waals surface area contributed by atoms with Crippen molar-refractivity contribution in [2.24, 2.45) is 11.7 Å². The molecule has 4 heteroatoms. The minimum absolute atomic E-state index is 0.382. The lowest BCUT2D eigenvalue weighted by Gasteiger charge is -2.20. The van der Waals surface area contributed by atoms with E-state index in [9.17, 15) is 4.79 Å². The van der Waals surface area contributed by atoms with E-state index in [1.807, 2.05) is 0 Å². The van der Waals surface area contributed by atoms with Crippen molar-refractivity contribution >= 4 is 5.91 Å². The molecule has 0 radical (unpaired) electrons. The predicted molar refractivity (Wildman–Crippen MR) is 60.8 cm³/mol. The van der Waals surface area contributed by atoms with Crippen LogP contribution in [0.5, 0.6) is 0 Å². The Labute approximate surface area is 95.3 Å². The Morgan fingerprint density at radius 1 is 1.25 bits per heavy atom. The highest BCUT2D eigenvalue weighted by Crippen LogP contribution is 2.25. The minimum Gasteiger partial charge on any atom is -0.366 e. The lowest BCUT2D eigenvalue weighted by Crippen LogP contribution is -2.14. The first-order valence-corrected chi connectivity index (χ1v) is 5.86. The summed E-state index contributed by atoms with van der Waals surface area (Å²) in [6, 6.07) is 0. The smallest absolute Gasteiger partial charge is 0.251 e. The number of amides is 1. The maximum Gasteiger partial charge on any atom is 0.251 e. The number of carbonyl (C=O) groups is 1. The highest BCUT2D eigenvalue weighted by Gasteiger charge is 2.15. The van der Waals surface area contributed by atoms with Crippen LogP contribution in [0, 0.1) is 5.92 Å². The summed E-state index contributed by atoms with van der Waals surface area (Å²) in [7, 11) is 0. The molecule has 1 saturated carbocycles. The normalized spacial score (nSPS) is 17.2. The standard InChI is InChI=1S/C12H17N3O/c13-12(16)10-7-14-11(15-8-10)6-9-4-2-1-3-5-9/h7-9H,1-6H2,(H2,13,16).